The zero-order chi connectivity index (χ0) is 13.8. The molecule has 19 heavy (non-hydrogen) atoms. The van der Waals surface area contributed by atoms with Gasteiger partial charge in [-0.15, -0.1) is 0 Å². The summed E-state index contributed by atoms with van der Waals surface area (Å²) in [5.41, 5.74) is 3.40. The van der Waals surface area contributed by atoms with Gasteiger partial charge in [0.05, 0.1) is 11.7 Å². The minimum atomic E-state index is 0.288. The summed E-state index contributed by atoms with van der Waals surface area (Å²) in [6.07, 6.45) is 1.02. The summed E-state index contributed by atoms with van der Waals surface area (Å²) in [6.45, 7) is 4.18. The highest BCUT2D eigenvalue weighted by Crippen LogP contribution is 2.32. The molecule has 2 aromatic rings. The molecule has 100 valence electrons. The Hall–Kier alpha value is -0.990. The van der Waals surface area contributed by atoms with Gasteiger partial charge in [-0.2, -0.15) is 0 Å². The third-order valence-corrected chi connectivity index (χ3v) is 4.25. The van der Waals surface area contributed by atoms with Gasteiger partial charge in [-0.25, -0.2) is 0 Å². The number of aryl methyl sites for hydroxylation is 1. The lowest BCUT2D eigenvalue weighted by Gasteiger charge is -2.20. The Morgan fingerprint density at radius 3 is 2.53 bits per heavy atom. The van der Waals surface area contributed by atoms with Gasteiger partial charge >= 0.3 is 0 Å². The molecular weight excluding hydrogens is 322 g/mol. The number of benzene rings is 2. The Morgan fingerprint density at radius 2 is 1.89 bits per heavy atom. The molecule has 0 heterocycles. The summed E-state index contributed by atoms with van der Waals surface area (Å²) in [5, 5.41) is 4.34. The summed E-state index contributed by atoms with van der Waals surface area (Å²) >= 11 is 9.79. The smallest absolute Gasteiger partial charge is 0.0511 e. The lowest BCUT2D eigenvalue weighted by molar-refractivity contribution is 0.749. The van der Waals surface area contributed by atoms with Crippen LogP contribution in [-0.2, 0) is 0 Å². The van der Waals surface area contributed by atoms with Crippen LogP contribution in [0.2, 0.25) is 5.02 Å². The molecule has 0 saturated carbocycles. The third kappa shape index (κ3) is 3.52. The highest BCUT2D eigenvalue weighted by molar-refractivity contribution is 9.10. The van der Waals surface area contributed by atoms with E-state index < -0.39 is 0 Å². The fraction of sp³-hybridized carbons (Fsp3) is 0.250. The maximum atomic E-state index is 6.20. The van der Waals surface area contributed by atoms with E-state index in [0.29, 0.717) is 0 Å². The first-order valence-corrected chi connectivity index (χ1v) is 7.56. The van der Waals surface area contributed by atoms with Gasteiger partial charge in [0, 0.05) is 9.50 Å². The fourth-order valence-corrected chi connectivity index (χ4v) is 2.79. The summed E-state index contributed by atoms with van der Waals surface area (Å²) in [5.74, 6) is 0. The van der Waals surface area contributed by atoms with Crippen molar-refractivity contribution in [1.29, 1.82) is 0 Å². The highest BCUT2D eigenvalue weighted by Gasteiger charge is 2.11. The molecule has 0 spiro atoms. The molecule has 1 nitrogen and oxygen atoms in total. The maximum absolute atomic E-state index is 6.20. The van der Waals surface area contributed by atoms with Crippen LogP contribution in [0.25, 0.3) is 0 Å². The lowest BCUT2D eigenvalue weighted by Crippen LogP contribution is -2.10. The fourth-order valence-electron chi connectivity index (χ4n) is 2.05. The Labute approximate surface area is 128 Å². The molecule has 0 aliphatic heterocycles. The van der Waals surface area contributed by atoms with Gasteiger partial charge in [0.1, 0.15) is 0 Å². The van der Waals surface area contributed by atoms with Crippen molar-refractivity contribution < 1.29 is 0 Å². The van der Waals surface area contributed by atoms with Crippen LogP contribution in [0.1, 0.15) is 30.5 Å². The first kappa shape index (κ1) is 14.4. The molecule has 1 unspecified atom stereocenters. The molecule has 0 amide bonds. The molecule has 0 aromatic heterocycles. The van der Waals surface area contributed by atoms with E-state index in [1.165, 1.54) is 5.56 Å². The summed E-state index contributed by atoms with van der Waals surface area (Å²) in [7, 11) is 0. The van der Waals surface area contributed by atoms with Crippen LogP contribution in [0, 0.1) is 6.92 Å². The predicted molar refractivity (Wildman–Crippen MR) is 87.0 cm³/mol. The SMILES string of the molecule is CCC(Nc1cc(Cl)c(C)cc1Br)c1ccccc1. The van der Waals surface area contributed by atoms with E-state index in [2.05, 4.69) is 52.4 Å². The van der Waals surface area contributed by atoms with E-state index in [-0.39, 0.29) is 6.04 Å². The van der Waals surface area contributed by atoms with Crippen molar-refractivity contribution in [2.24, 2.45) is 0 Å². The summed E-state index contributed by atoms with van der Waals surface area (Å²) in [4.78, 5) is 0. The van der Waals surface area contributed by atoms with Crippen LogP contribution in [0.4, 0.5) is 5.69 Å². The van der Waals surface area contributed by atoms with Crippen LogP contribution in [0.5, 0.6) is 0 Å². The van der Waals surface area contributed by atoms with E-state index >= 15 is 0 Å². The third-order valence-electron chi connectivity index (χ3n) is 3.19. The quantitative estimate of drug-likeness (QED) is 0.723. The average molecular weight is 339 g/mol. The Balaban J connectivity index is 2.26. The molecule has 2 rings (SSSR count). The van der Waals surface area contributed by atoms with Gasteiger partial charge in [-0.3, -0.25) is 0 Å². The minimum absolute atomic E-state index is 0.288. The van der Waals surface area contributed by atoms with Crippen LogP contribution in [0.3, 0.4) is 0 Å². The van der Waals surface area contributed by atoms with Crippen LogP contribution >= 0.6 is 27.5 Å². The van der Waals surface area contributed by atoms with Gasteiger partial charge < -0.3 is 5.32 Å². The van der Waals surface area contributed by atoms with Crippen molar-refractivity contribution in [2.75, 3.05) is 5.32 Å². The number of nitrogens with one attached hydrogen (secondary N) is 1. The number of hydrogen-bond acceptors (Lipinski definition) is 1. The van der Waals surface area contributed by atoms with Gasteiger partial charge in [-0.05, 0) is 52.5 Å². The van der Waals surface area contributed by atoms with Gasteiger partial charge in [0.15, 0.2) is 0 Å². The summed E-state index contributed by atoms with van der Waals surface area (Å²) in [6, 6.07) is 14.8. The van der Waals surface area contributed by atoms with Crippen molar-refractivity contribution >= 4 is 33.2 Å². The van der Waals surface area contributed by atoms with Crippen LogP contribution in [-0.4, -0.2) is 0 Å². The molecule has 0 radical (unpaired) electrons. The second kappa shape index (κ2) is 6.44. The largest absolute Gasteiger partial charge is 0.377 e. The minimum Gasteiger partial charge on any atom is -0.377 e. The van der Waals surface area contributed by atoms with Gasteiger partial charge in [0.2, 0.25) is 0 Å². The van der Waals surface area contributed by atoms with E-state index in [4.69, 9.17) is 11.6 Å². The van der Waals surface area contributed by atoms with Crippen molar-refractivity contribution in [3.8, 4) is 0 Å². The van der Waals surface area contributed by atoms with Crippen molar-refractivity contribution in [3.05, 3.63) is 63.1 Å². The molecule has 0 fully saturated rings. The second-order valence-corrected chi connectivity index (χ2v) is 5.86. The molecule has 0 aliphatic rings. The van der Waals surface area contributed by atoms with Crippen LogP contribution < -0.4 is 5.32 Å². The average Bonchev–Trinajstić information content (AvgIpc) is 2.42. The second-order valence-electron chi connectivity index (χ2n) is 4.60. The first-order valence-electron chi connectivity index (χ1n) is 6.39. The maximum Gasteiger partial charge on any atom is 0.0511 e. The summed E-state index contributed by atoms with van der Waals surface area (Å²) < 4.78 is 1.05. The van der Waals surface area contributed by atoms with Gasteiger partial charge in [0.25, 0.3) is 0 Å². The van der Waals surface area contributed by atoms with E-state index in [0.717, 1.165) is 27.2 Å². The zero-order valence-electron chi connectivity index (χ0n) is 11.1. The topological polar surface area (TPSA) is 12.0 Å². The van der Waals surface area contributed by atoms with E-state index in [1.807, 2.05) is 25.1 Å². The molecule has 3 heteroatoms. The molecular formula is C16H17BrClN. The standard InChI is InChI=1S/C16H17BrClN/c1-3-15(12-7-5-4-6-8-12)19-16-10-14(18)11(2)9-13(16)17/h4-10,15,19H,3H2,1-2H3. The zero-order valence-corrected chi connectivity index (χ0v) is 13.4. The molecule has 0 bridgehead atoms. The van der Waals surface area contributed by atoms with Crippen LogP contribution in [0.15, 0.2) is 46.9 Å². The number of anilines is 1. The lowest BCUT2D eigenvalue weighted by atomic mass is 10.0. The Morgan fingerprint density at radius 1 is 1.21 bits per heavy atom. The predicted octanol–water partition coefficient (Wildman–Crippen LogP) is 5.97. The molecule has 1 N–H and O–H groups in total. The number of halogens is 2. The van der Waals surface area contributed by atoms with Crippen molar-refractivity contribution in [3.63, 3.8) is 0 Å². The molecule has 0 aliphatic carbocycles. The highest BCUT2D eigenvalue weighted by atomic mass is 79.9. The van der Waals surface area contributed by atoms with E-state index in [9.17, 15) is 0 Å². The number of hydrogen-bond donors (Lipinski definition) is 1. The monoisotopic (exact) mass is 337 g/mol. The first-order chi connectivity index (χ1) is 9.11. The Kier molecular flexibility index (Phi) is 4.89. The molecule has 0 saturated heterocycles. The normalized spacial score (nSPS) is 12.2. The number of rotatable bonds is 4. The van der Waals surface area contributed by atoms with Crippen molar-refractivity contribution in [1.82, 2.24) is 0 Å². The molecule has 2 aromatic carbocycles. The van der Waals surface area contributed by atoms with Crippen molar-refractivity contribution in [2.45, 2.75) is 26.3 Å². The Bertz CT molecular complexity index is 554. The molecule has 1 atom stereocenters. The van der Waals surface area contributed by atoms with Gasteiger partial charge in [-0.1, -0.05) is 48.9 Å². The van der Waals surface area contributed by atoms with E-state index in [1.54, 1.807) is 0 Å².